The van der Waals surface area contributed by atoms with E-state index in [4.69, 9.17) is 15.0 Å². The first kappa shape index (κ1) is 15.6. The highest BCUT2D eigenvalue weighted by Gasteiger charge is 2.07. The lowest BCUT2D eigenvalue weighted by atomic mass is 10.2. The van der Waals surface area contributed by atoms with Gasteiger partial charge in [0.25, 0.3) is 0 Å². The number of nitrogens with one attached hydrogen (secondary N) is 1. The third kappa shape index (κ3) is 5.79. The molecule has 0 spiro atoms. The molecule has 7 nitrogen and oxygen atoms in total. The second-order valence-electron chi connectivity index (χ2n) is 3.74. The van der Waals surface area contributed by atoms with Crippen molar-refractivity contribution in [2.75, 3.05) is 19.8 Å². The summed E-state index contributed by atoms with van der Waals surface area (Å²) in [5, 5.41) is 16.0. The average Bonchev–Trinajstić information content (AvgIpc) is 2.36. The molecule has 4 N–H and O–H groups in total. The van der Waals surface area contributed by atoms with Gasteiger partial charge in [0.1, 0.15) is 6.61 Å². The number of amides is 1. The Morgan fingerprint density at radius 1 is 1.32 bits per heavy atom. The number of primary sulfonamides is 1. The minimum absolute atomic E-state index is 0.0221. The Hall–Kier alpha value is -1.48. The predicted molar refractivity (Wildman–Crippen MR) is 67.6 cm³/mol. The molecular weight excluding hydrogens is 272 g/mol. The standard InChI is InChI=1S/C11H16N2O5S/c12-19(16,17)10-3-1-9(2-4-10)7-13-11(15)8-18-6-5-14/h1-4,14H,5-8H2,(H,13,15)(H2,12,16,17). The number of aliphatic hydroxyl groups is 1. The van der Waals surface area contributed by atoms with E-state index in [2.05, 4.69) is 5.32 Å². The monoisotopic (exact) mass is 288 g/mol. The maximum atomic E-state index is 11.3. The molecule has 1 rings (SSSR count). The van der Waals surface area contributed by atoms with E-state index in [1.54, 1.807) is 12.1 Å². The molecule has 1 aromatic rings. The predicted octanol–water partition coefficient (Wildman–Crippen LogP) is -1.04. The van der Waals surface area contributed by atoms with Crippen molar-refractivity contribution < 1.29 is 23.1 Å². The Morgan fingerprint density at radius 3 is 2.47 bits per heavy atom. The quantitative estimate of drug-likeness (QED) is 0.554. The summed E-state index contributed by atoms with van der Waals surface area (Å²) in [6, 6.07) is 5.88. The molecule has 0 bridgehead atoms. The Bertz CT molecular complexity index is 512. The topological polar surface area (TPSA) is 119 Å². The highest BCUT2D eigenvalue weighted by molar-refractivity contribution is 7.89. The summed E-state index contributed by atoms with van der Waals surface area (Å²) < 4.78 is 26.9. The minimum atomic E-state index is -3.70. The van der Waals surface area contributed by atoms with E-state index in [0.717, 1.165) is 5.56 Å². The molecule has 106 valence electrons. The summed E-state index contributed by atoms with van der Waals surface area (Å²) >= 11 is 0. The molecule has 0 aromatic heterocycles. The molecule has 19 heavy (non-hydrogen) atoms. The largest absolute Gasteiger partial charge is 0.394 e. The van der Waals surface area contributed by atoms with Gasteiger partial charge in [-0.1, -0.05) is 12.1 Å². The fourth-order valence-electron chi connectivity index (χ4n) is 1.28. The number of rotatable bonds is 7. The van der Waals surface area contributed by atoms with Crippen LogP contribution in [-0.4, -0.2) is 39.3 Å². The first-order valence-corrected chi connectivity index (χ1v) is 7.05. The van der Waals surface area contributed by atoms with Gasteiger partial charge in [-0.3, -0.25) is 4.79 Å². The van der Waals surface area contributed by atoms with Crippen LogP contribution in [0.25, 0.3) is 0 Å². The Kier molecular flexibility index (Phi) is 5.90. The summed E-state index contributed by atoms with van der Waals surface area (Å²) in [7, 11) is -3.70. The number of ether oxygens (including phenoxy) is 1. The number of hydrogen-bond donors (Lipinski definition) is 3. The second kappa shape index (κ2) is 7.19. The first-order valence-electron chi connectivity index (χ1n) is 5.50. The van der Waals surface area contributed by atoms with Gasteiger partial charge in [-0.15, -0.1) is 0 Å². The maximum Gasteiger partial charge on any atom is 0.246 e. The lowest BCUT2D eigenvalue weighted by molar-refractivity contribution is -0.126. The summed E-state index contributed by atoms with van der Waals surface area (Å²) in [5.41, 5.74) is 0.739. The SMILES string of the molecule is NS(=O)(=O)c1ccc(CNC(=O)COCCO)cc1. The second-order valence-corrected chi connectivity index (χ2v) is 5.30. The van der Waals surface area contributed by atoms with Gasteiger partial charge in [0.15, 0.2) is 0 Å². The molecular formula is C11H16N2O5S. The third-order valence-corrected chi connectivity index (χ3v) is 3.14. The van der Waals surface area contributed by atoms with Crippen LogP contribution in [0.3, 0.4) is 0 Å². The molecule has 0 unspecified atom stereocenters. The van der Waals surface area contributed by atoms with Crippen molar-refractivity contribution in [3.05, 3.63) is 29.8 Å². The van der Waals surface area contributed by atoms with E-state index in [1.807, 2.05) is 0 Å². The summed E-state index contributed by atoms with van der Waals surface area (Å²) in [6.45, 7) is 0.0980. The van der Waals surface area contributed by atoms with Crippen molar-refractivity contribution in [2.24, 2.45) is 5.14 Å². The van der Waals surface area contributed by atoms with E-state index in [9.17, 15) is 13.2 Å². The van der Waals surface area contributed by atoms with Gasteiger partial charge >= 0.3 is 0 Å². The number of benzene rings is 1. The first-order chi connectivity index (χ1) is 8.93. The molecule has 0 heterocycles. The molecule has 0 atom stereocenters. The highest BCUT2D eigenvalue weighted by atomic mass is 32.2. The van der Waals surface area contributed by atoms with Crippen LogP contribution in [0.2, 0.25) is 0 Å². The summed E-state index contributed by atoms with van der Waals surface area (Å²) in [6.07, 6.45) is 0. The smallest absolute Gasteiger partial charge is 0.246 e. The lowest BCUT2D eigenvalue weighted by Gasteiger charge is -2.06. The van der Waals surface area contributed by atoms with Gasteiger partial charge < -0.3 is 15.2 Å². The van der Waals surface area contributed by atoms with E-state index < -0.39 is 10.0 Å². The number of aliphatic hydroxyl groups excluding tert-OH is 1. The Morgan fingerprint density at radius 2 is 1.95 bits per heavy atom. The number of hydrogen-bond acceptors (Lipinski definition) is 5. The lowest BCUT2D eigenvalue weighted by Crippen LogP contribution is -2.27. The fraction of sp³-hybridized carbons (Fsp3) is 0.364. The van der Waals surface area contributed by atoms with Crippen LogP contribution in [0, 0.1) is 0 Å². The maximum absolute atomic E-state index is 11.3. The van der Waals surface area contributed by atoms with Crippen LogP contribution in [0.15, 0.2) is 29.2 Å². The Balaban J connectivity index is 2.44. The fourth-order valence-corrected chi connectivity index (χ4v) is 1.79. The average molecular weight is 288 g/mol. The number of nitrogens with two attached hydrogens (primary N) is 1. The summed E-state index contributed by atoms with van der Waals surface area (Å²) in [4.78, 5) is 11.3. The summed E-state index contributed by atoms with van der Waals surface area (Å²) in [5.74, 6) is -0.316. The van der Waals surface area contributed by atoms with Crippen molar-refractivity contribution >= 4 is 15.9 Å². The van der Waals surface area contributed by atoms with Gasteiger partial charge in [-0.2, -0.15) is 0 Å². The van der Waals surface area contributed by atoms with E-state index >= 15 is 0 Å². The van der Waals surface area contributed by atoms with Crippen molar-refractivity contribution in [1.29, 1.82) is 0 Å². The van der Waals surface area contributed by atoms with Crippen molar-refractivity contribution in [2.45, 2.75) is 11.4 Å². The molecule has 0 saturated carbocycles. The number of carbonyl (C=O) groups is 1. The zero-order valence-electron chi connectivity index (χ0n) is 10.2. The molecule has 0 aliphatic carbocycles. The van der Waals surface area contributed by atoms with Crippen LogP contribution >= 0.6 is 0 Å². The van der Waals surface area contributed by atoms with Crippen molar-refractivity contribution in [1.82, 2.24) is 5.32 Å². The van der Waals surface area contributed by atoms with Crippen LogP contribution in [0.1, 0.15) is 5.56 Å². The van der Waals surface area contributed by atoms with Crippen molar-refractivity contribution in [3.63, 3.8) is 0 Å². The molecule has 1 aromatic carbocycles. The van der Waals surface area contributed by atoms with Crippen LogP contribution in [0.4, 0.5) is 0 Å². The zero-order chi connectivity index (χ0) is 14.3. The van der Waals surface area contributed by atoms with Gasteiger partial charge in [-0.05, 0) is 17.7 Å². The van der Waals surface area contributed by atoms with Crippen LogP contribution in [0.5, 0.6) is 0 Å². The number of sulfonamides is 1. The minimum Gasteiger partial charge on any atom is -0.394 e. The van der Waals surface area contributed by atoms with E-state index in [1.165, 1.54) is 12.1 Å². The third-order valence-electron chi connectivity index (χ3n) is 2.21. The van der Waals surface area contributed by atoms with Crippen molar-refractivity contribution in [3.8, 4) is 0 Å². The molecule has 1 amide bonds. The Labute approximate surface area is 111 Å². The van der Waals surface area contributed by atoms with E-state index in [0.29, 0.717) is 0 Å². The van der Waals surface area contributed by atoms with Gasteiger partial charge in [-0.25, -0.2) is 13.6 Å². The molecule has 8 heteroatoms. The van der Waals surface area contributed by atoms with Gasteiger partial charge in [0.2, 0.25) is 15.9 Å². The normalized spacial score (nSPS) is 11.3. The number of carbonyl (C=O) groups excluding carboxylic acids is 1. The molecule has 0 fully saturated rings. The van der Waals surface area contributed by atoms with Gasteiger partial charge in [0.05, 0.1) is 18.1 Å². The molecule has 0 saturated heterocycles. The van der Waals surface area contributed by atoms with Crippen LogP contribution in [-0.2, 0) is 26.1 Å². The zero-order valence-corrected chi connectivity index (χ0v) is 11.0. The molecule has 0 aliphatic rings. The van der Waals surface area contributed by atoms with Crippen LogP contribution < -0.4 is 10.5 Å². The molecule has 0 radical (unpaired) electrons. The van der Waals surface area contributed by atoms with E-state index in [-0.39, 0.29) is 37.2 Å². The highest BCUT2D eigenvalue weighted by Crippen LogP contribution is 2.08. The molecule has 0 aliphatic heterocycles. The van der Waals surface area contributed by atoms with Gasteiger partial charge in [0, 0.05) is 6.54 Å².